The van der Waals surface area contributed by atoms with Crippen molar-refractivity contribution in [1.29, 1.82) is 0 Å². The number of carbonyl (C=O) groups is 1. The second-order valence-electron chi connectivity index (χ2n) is 5.43. The summed E-state index contributed by atoms with van der Waals surface area (Å²) < 4.78 is 0. The van der Waals surface area contributed by atoms with Crippen LogP contribution < -0.4 is 10.6 Å². The van der Waals surface area contributed by atoms with E-state index in [4.69, 9.17) is 0 Å². The molecule has 3 nitrogen and oxygen atoms in total. The van der Waals surface area contributed by atoms with Crippen molar-refractivity contribution in [3.63, 3.8) is 0 Å². The Morgan fingerprint density at radius 1 is 1.28 bits per heavy atom. The molecule has 0 aliphatic rings. The molecule has 0 fully saturated rings. The van der Waals surface area contributed by atoms with Gasteiger partial charge in [-0.3, -0.25) is 4.79 Å². The maximum absolute atomic E-state index is 11.7. The van der Waals surface area contributed by atoms with Crippen molar-refractivity contribution in [3.05, 3.63) is 35.9 Å². The molecule has 1 rings (SSSR count). The van der Waals surface area contributed by atoms with Crippen molar-refractivity contribution in [1.82, 2.24) is 10.6 Å². The summed E-state index contributed by atoms with van der Waals surface area (Å²) in [6, 6.07) is 10.7. The Labute approximate surface area is 110 Å². The van der Waals surface area contributed by atoms with E-state index in [1.165, 1.54) is 5.56 Å². The molecule has 0 bridgehead atoms. The lowest BCUT2D eigenvalue weighted by Gasteiger charge is -2.25. The lowest BCUT2D eigenvalue weighted by atomic mass is 9.91. The van der Waals surface area contributed by atoms with Crippen LogP contribution in [0, 0.1) is 5.41 Å². The van der Waals surface area contributed by atoms with E-state index in [1.807, 2.05) is 19.9 Å². The molecule has 1 aromatic rings. The molecule has 0 aliphatic carbocycles. The SMILES string of the molecule is CNC(=O)C(C)(C)CNC(C)Cc1ccccc1. The third kappa shape index (κ3) is 4.49. The topological polar surface area (TPSA) is 41.1 Å². The van der Waals surface area contributed by atoms with Crippen LogP contribution in [0.2, 0.25) is 0 Å². The third-order valence-electron chi connectivity index (χ3n) is 3.12. The summed E-state index contributed by atoms with van der Waals surface area (Å²) >= 11 is 0. The molecule has 2 N–H and O–H groups in total. The van der Waals surface area contributed by atoms with Crippen LogP contribution in [0.1, 0.15) is 26.3 Å². The fraction of sp³-hybridized carbons (Fsp3) is 0.533. The van der Waals surface area contributed by atoms with Crippen LogP contribution in [-0.4, -0.2) is 25.5 Å². The van der Waals surface area contributed by atoms with Gasteiger partial charge in [-0.05, 0) is 32.8 Å². The number of carbonyl (C=O) groups excluding carboxylic acids is 1. The molecule has 0 spiro atoms. The number of rotatable bonds is 6. The first-order chi connectivity index (χ1) is 8.45. The van der Waals surface area contributed by atoms with Crippen molar-refractivity contribution in [3.8, 4) is 0 Å². The van der Waals surface area contributed by atoms with Gasteiger partial charge < -0.3 is 10.6 Å². The molecule has 1 aromatic carbocycles. The summed E-state index contributed by atoms with van der Waals surface area (Å²) in [5, 5.41) is 6.13. The van der Waals surface area contributed by atoms with Crippen LogP contribution in [0.3, 0.4) is 0 Å². The van der Waals surface area contributed by atoms with Crippen molar-refractivity contribution in [2.75, 3.05) is 13.6 Å². The summed E-state index contributed by atoms with van der Waals surface area (Å²) in [6.45, 7) is 6.73. The van der Waals surface area contributed by atoms with Gasteiger partial charge in [0.15, 0.2) is 0 Å². The highest BCUT2D eigenvalue weighted by Gasteiger charge is 2.26. The Balaban J connectivity index is 2.42. The molecule has 1 unspecified atom stereocenters. The lowest BCUT2D eigenvalue weighted by Crippen LogP contribution is -2.44. The minimum absolute atomic E-state index is 0.0712. The van der Waals surface area contributed by atoms with E-state index < -0.39 is 0 Å². The molecule has 0 radical (unpaired) electrons. The molecule has 100 valence electrons. The van der Waals surface area contributed by atoms with Gasteiger partial charge in [0.05, 0.1) is 5.41 Å². The molecule has 18 heavy (non-hydrogen) atoms. The van der Waals surface area contributed by atoms with E-state index in [1.54, 1.807) is 7.05 Å². The maximum Gasteiger partial charge on any atom is 0.226 e. The van der Waals surface area contributed by atoms with E-state index in [0.717, 1.165) is 6.42 Å². The van der Waals surface area contributed by atoms with Gasteiger partial charge in [0, 0.05) is 19.6 Å². The molecule has 0 saturated carbocycles. The van der Waals surface area contributed by atoms with Crippen molar-refractivity contribution < 1.29 is 4.79 Å². The molecular formula is C15H24N2O. The van der Waals surface area contributed by atoms with Crippen LogP contribution in [-0.2, 0) is 11.2 Å². The summed E-state index contributed by atoms with van der Waals surface area (Å²) in [7, 11) is 1.68. The average molecular weight is 248 g/mol. The Kier molecular flexibility index (Phi) is 5.35. The summed E-state index contributed by atoms with van der Waals surface area (Å²) in [4.78, 5) is 11.7. The van der Waals surface area contributed by atoms with E-state index in [-0.39, 0.29) is 11.3 Å². The van der Waals surface area contributed by atoms with Gasteiger partial charge in [-0.15, -0.1) is 0 Å². The molecule has 0 aliphatic heterocycles. The predicted octanol–water partition coefficient (Wildman–Crippen LogP) is 1.98. The van der Waals surface area contributed by atoms with Gasteiger partial charge in [-0.2, -0.15) is 0 Å². The summed E-state index contributed by atoms with van der Waals surface area (Å²) in [5.74, 6) is 0.0712. The molecule has 1 atom stereocenters. The van der Waals surface area contributed by atoms with Crippen LogP contribution >= 0.6 is 0 Å². The first kappa shape index (κ1) is 14.7. The van der Waals surface area contributed by atoms with Crippen molar-refractivity contribution >= 4 is 5.91 Å². The summed E-state index contributed by atoms with van der Waals surface area (Å²) in [6.07, 6.45) is 0.977. The minimum atomic E-state index is -0.375. The Morgan fingerprint density at radius 2 is 1.89 bits per heavy atom. The van der Waals surface area contributed by atoms with Gasteiger partial charge >= 0.3 is 0 Å². The van der Waals surface area contributed by atoms with E-state index >= 15 is 0 Å². The van der Waals surface area contributed by atoms with Crippen LogP contribution in [0.15, 0.2) is 30.3 Å². The van der Waals surface area contributed by atoms with Gasteiger partial charge in [0.1, 0.15) is 0 Å². The summed E-state index contributed by atoms with van der Waals surface area (Å²) in [5.41, 5.74) is 0.940. The highest BCUT2D eigenvalue weighted by molar-refractivity contribution is 5.81. The van der Waals surface area contributed by atoms with Crippen molar-refractivity contribution in [2.24, 2.45) is 5.41 Å². The number of hydrogen-bond donors (Lipinski definition) is 2. The van der Waals surface area contributed by atoms with E-state index in [0.29, 0.717) is 12.6 Å². The molecule has 0 aromatic heterocycles. The fourth-order valence-electron chi connectivity index (χ4n) is 1.89. The van der Waals surface area contributed by atoms with Crippen molar-refractivity contribution in [2.45, 2.75) is 33.2 Å². The zero-order chi connectivity index (χ0) is 13.6. The number of benzene rings is 1. The average Bonchev–Trinajstić information content (AvgIpc) is 2.36. The standard InChI is InChI=1S/C15H24N2O/c1-12(10-13-8-6-5-7-9-13)17-11-15(2,3)14(18)16-4/h5-9,12,17H,10-11H2,1-4H3,(H,16,18). The first-order valence-electron chi connectivity index (χ1n) is 6.45. The Morgan fingerprint density at radius 3 is 2.44 bits per heavy atom. The van der Waals surface area contributed by atoms with Gasteiger partial charge in [-0.25, -0.2) is 0 Å². The normalized spacial score (nSPS) is 13.1. The molecular weight excluding hydrogens is 224 g/mol. The van der Waals surface area contributed by atoms with Gasteiger partial charge in [0.2, 0.25) is 5.91 Å². The highest BCUT2D eigenvalue weighted by atomic mass is 16.2. The largest absolute Gasteiger partial charge is 0.359 e. The zero-order valence-corrected chi connectivity index (χ0v) is 11.8. The molecule has 1 amide bonds. The molecule has 3 heteroatoms. The maximum atomic E-state index is 11.7. The number of amides is 1. The highest BCUT2D eigenvalue weighted by Crippen LogP contribution is 2.14. The van der Waals surface area contributed by atoms with E-state index in [2.05, 4.69) is 41.8 Å². The number of hydrogen-bond acceptors (Lipinski definition) is 2. The van der Waals surface area contributed by atoms with Crippen LogP contribution in [0.5, 0.6) is 0 Å². The van der Waals surface area contributed by atoms with Crippen LogP contribution in [0.25, 0.3) is 0 Å². The predicted molar refractivity (Wildman–Crippen MR) is 75.5 cm³/mol. The zero-order valence-electron chi connectivity index (χ0n) is 11.8. The lowest BCUT2D eigenvalue weighted by molar-refractivity contribution is -0.128. The minimum Gasteiger partial charge on any atom is -0.359 e. The quantitative estimate of drug-likeness (QED) is 0.808. The monoisotopic (exact) mass is 248 g/mol. The first-order valence-corrected chi connectivity index (χ1v) is 6.45. The third-order valence-corrected chi connectivity index (χ3v) is 3.12. The second kappa shape index (κ2) is 6.55. The smallest absolute Gasteiger partial charge is 0.226 e. The number of nitrogens with one attached hydrogen (secondary N) is 2. The second-order valence-corrected chi connectivity index (χ2v) is 5.43. The molecule has 0 heterocycles. The molecule has 0 saturated heterocycles. The van der Waals surface area contributed by atoms with Gasteiger partial charge in [0.25, 0.3) is 0 Å². The Hall–Kier alpha value is -1.35. The van der Waals surface area contributed by atoms with Gasteiger partial charge in [-0.1, -0.05) is 30.3 Å². The van der Waals surface area contributed by atoms with Crippen LogP contribution in [0.4, 0.5) is 0 Å². The fourth-order valence-corrected chi connectivity index (χ4v) is 1.89. The Bertz CT molecular complexity index is 373. The van der Waals surface area contributed by atoms with E-state index in [9.17, 15) is 4.79 Å².